The standard InChI is InChI=1S/C23H21F3N6O5/c1-36-13-4-2-3-12(7-13)32-23(27-10-28-32)22-21(35)19(20(34)17(9-33)37-22)31-8-16(29-30-31)11-5-14(24)18(26)15(25)6-11/h2-8,10,17,19-22,33-35H,9H2,1H3/t17-,19+,20+,21-,22-/m1/s1. The van der Waals surface area contributed by atoms with E-state index in [1.807, 2.05) is 0 Å². The van der Waals surface area contributed by atoms with Gasteiger partial charge in [-0.05, 0) is 24.3 Å². The molecule has 0 spiro atoms. The summed E-state index contributed by atoms with van der Waals surface area (Å²) in [7, 11) is 1.51. The van der Waals surface area contributed by atoms with Gasteiger partial charge in [-0.1, -0.05) is 11.3 Å². The van der Waals surface area contributed by atoms with Crippen molar-refractivity contribution >= 4 is 0 Å². The van der Waals surface area contributed by atoms with Crippen molar-refractivity contribution in [1.82, 2.24) is 29.8 Å². The Labute approximate surface area is 207 Å². The van der Waals surface area contributed by atoms with E-state index >= 15 is 0 Å². The zero-order valence-corrected chi connectivity index (χ0v) is 19.2. The van der Waals surface area contributed by atoms with Gasteiger partial charge in [0.05, 0.1) is 25.6 Å². The second-order valence-corrected chi connectivity index (χ2v) is 8.32. The van der Waals surface area contributed by atoms with Gasteiger partial charge in [-0.15, -0.1) is 5.10 Å². The minimum atomic E-state index is -1.62. The number of ether oxygens (including phenoxy) is 2. The van der Waals surface area contributed by atoms with E-state index in [0.717, 1.165) is 16.8 Å². The second kappa shape index (κ2) is 9.89. The molecule has 0 aliphatic carbocycles. The van der Waals surface area contributed by atoms with Crippen molar-refractivity contribution in [1.29, 1.82) is 0 Å². The summed E-state index contributed by atoms with van der Waals surface area (Å²) in [4.78, 5) is 4.22. The first kappa shape index (κ1) is 24.8. The van der Waals surface area contributed by atoms with E-state index in [1.54, 1.807) is 24.3 Å². The van der Waals surface area contributed by atoms with Crippen LogP contribution in [0.1, 0.15) is 18.0 Å². The van der Waals surface area contributed by atoms with Gasteiger partial charge in [0.1, 0.15) is 48.2 Å². The summed E-state index contributed by atoms with van der Waals surface area (Å²) in [6.45, 7) is -0.607. The lowest BCUT2D eigenvalue weighted by molar-refractivity contribution is -0.210. The fraction of sp³-hybridized carbons (Fsp3) is 0.304. The normalized spacial score (nSPS) is 23.8. The van der Waals surface area contributed by atoms with E-state index in [9.17, 15) is 28.5 Å². The van der Waals surface area contributed by atoms with Gasteiger partial charge < -0.3 is 24.8 Å². The van der Waals surface area contributed by atoms with Gasteiger partial charge in [-0.25, -0.2) is 27.5 Å². The maximum atomic E-state index is 13.7. The van der Waals surface area contributed by atoms with Crippen LogP contribution in [0.4, 0.5) is 13.2 Å². The Morgan fingerprint density at radius 2 is 1.84 bits per heavy atom. The van der Waals surface area contributed by atoms with Gasteiger partial charge in [0, 0.05) is 11.6 Å². The number of aromatic nitrogens is 6. The van der Waals surface area contributed by atoms with Crippen LogP contribution in [-0.4, -0.2) is 77.1 Å². The predicted molar refractivity (Wildman–Crippen MR) is 119 cm³/mol. The molecule has 1 saturated heterocycles. The van der Waals surface area contributed by atoms with Crippen LogP contribution in [-0.2, 0) is 4.74 Å². The lowest BCUT2D eigenvalue weighted by Crippen LogP contribution is -2.53. The quantitative estimate of drug-likeness (QED) is 0.323. The number of methoxy groups -OCH3 is 1. The average molecular weight is 518 g/mol. The van der Waals surface area contributed by atoms with E-state index < -0.39 is 54.5 Å². The molecular weight excluding hydrogens is 497 g/mol. The van der Waals surface area contributed by atoms with E-state index in [4.69, 9.17) is 9.47 Å². The number of rotatable bonds is 6. The van der Waals surface area contributed by atoms with E-state index in [2.05, 4.69) is 20.4 Å². The topological polar surface area (TPSA) is 141 Å². The molecule has 1 aliphatic heterocycles. The molecule has 3 heterocycles. The molecule has 194 valence electrons. The van der Waals surface area contributed by atoms with Crippen LogP contribution in [0.3, 0.4) is 0 Å². The fourth-order valence-corrected chi connectivity index (χ4v) is 4.27. The minimum absolute atomic E-state index is 0.0414. The number of benzene rings is 2. The van der Waals surface area contributed by atoms with Crippen LogP contribution in [0.5, 0.6) is 5.75 Å². The van der Waals surface area contributed by atoms with Gasteiger partial charge in [0.2, 0.25) is 0 Å². The molecule has 1 aliphatic rings. The lowest BCUT2D eigenvalue weighted by Gasteiger charge is -2.41. The molecular formula is C23H21F3N6O5. The van der Waals surface area contributed by atoms with Crippen LogP contribution < -0.4 is 4.74 Å². The summed E-state index contributed by atoms with van der Waals surface area (Å²) in [6, 6.07) is 7.17. The molecule has 14 heteroatoms. The van der Waals surface area contributed by atoms with E-state index in [0.29, 0.717) is 11.4 Å². The summed E-state index contributed by atoms with van der Waals surface area (Å²) >= 11 is 0. The first-order valence-electron chi connectivity index (χ1n) is 11.1. The van der Waals surface area contributed by atoms with Crippen LogP contribution in [0.15, 0.2) is 48.9 Å². The first-order valence-corrected chi connectivity index (χ1v) is 11.1. The average Bonchev–Trinajstić information content (AvgIpc) is 3.58. The lowest BCUT2D eigenvalue weighted by atomic mass is 9.92. The molecule has 0 saturated carbocycles. The van der Waals surface area contributed by atoms with Crippen molar-refractivity contribution in [2.75, 3.05) is 13.7 Å². The van der Waals surface area contributed by atoms with Crippen LogP contribution >= 0.6 is 0 Å². The molecule has 37 heavy (non-hydrogen) atoms. The Bertz CT molecular complexity index is 1390. The van der Waals surface area contributed by atoms with Gasteiger partial charge in [0.15, 0.2) is 23.3 Å². The Hall–Kier alpha value is -3.85. The van der Waals surface area contributed by atoms with Crippen molar-refractivity contribution in [3.05, 3.63) is 72.2 Å². The molecule has 3 N–H and O–H groups in total. The van der Waals surface area contributed by atoms with Gasteiger partial charge in [-0.2, -0.15) is 5.10 Å². The number of aliphatic hydroxyl groups is 3. The third-order valence-corrected chi connectivity index (χ3v) is 6.11. The molecule has 5 rings (SSSR count). The zero-order chi connectivity index (χ0) is 26.3. The monoisotopic (exact) mass is 518 g/mol. The van der Waals surface area contributed by atoms with Crippen molar-refractivity contribution in [3.8, 4) is 22.7 Å². The Morgan fingerprint density at radius 3 is 2.54 bits per heavy atom. The number of halogens is 3. The number of hydrogen-bond acceptors (Lipinski definition) is 9. The molecule has 4 aromatic rings. The summed E-state index contributed by atoms with van der Waals surface area (Å²) in [5.41, 5.74) is 0.404. The number of nitrogens with zero attached hydrogens (tertiary/aromatic N) is 6. The Morgan fingerprint density at radius 1 is 1.08 bits per heavy atom. The minimum Gasteiger partial charge on any atom is -0.497 e. The smallest absolute Gasteiger partial charge is 0.194 e. The van der Waals surface area contributed by atoms with Crippen molar-refractivity contribution in [2.24, 2.45) is 0 Å². The van der Waals surface area contributed by atoms with Crippen LogP contribution in [0.25, 0.3) is 16.9 Å². The predicted octanol–water partition coefficient (Wildman–Crippen LogP) is 1.35. The third-order valence-electron chi connectivity index (χ3n) is 6.11. The molecule has 2 aromatic carbocycles. The number of hydrogen-bond donors (Lipinski definition) is 3. The molecule has 0 amide bonds. The molecule has 0 radical (unpaired) electrons. The zero-order valence-electron chi connectivity index (χ0n) is 19.2. The van der Waals surface area contributed by atoms with Crippen LogP contribution in [0, 0.1) is 17.5 Å². The maximum absolute atomic E-state index is 13.7. The fourth-order valence-electron chi connectivity index (χ4n) is 4.27. The van der Waals surface area contributed by atoms with E-state index in [1.165, 1.54) is 24.3 Å². The highest BCUT2D eigenvalue weighted by Crippen LogP contribution is 2.38. The molecule has 0 bridgehead atoms. The van der Waals surface area contributed by atoms with Gasteiger partial charge in [0.25, 0.3) is 0 Å². The van der Waals surface area contributed by atoms with Gasteiger partial charge in [-0.3, -0.25) is 0 Å². The SMILES string of the molecule is COc1cccc(-n2ncnc2[C@@H]2O[C@H](CO)[C@H](O)[C@H](n3cc(-c4cc(F)c(F)c(F)c4)nn3)[C@H]2O)c1. The van der Waals surface area contributed by atoms with Crippen molar-refractivity contribution in [3.63, 3.8) is 0 Å². The summed E-state index contributed by atoms with van der Waals surface area (Å²) in [5.74, 6) is -3.73. The largest absolute Gasteiger partial charge is 0.497 e. The Kier molecular flexibility index (Phi) is 6.64. The molecule has 1 fully saturated rings. The molecule has 5 atom stereocenters. The third kappa shape index (κ3) is 4.44. The highest BCUT2D eigenvalue weighted by Gasteiger charge is 2.48. The highest BCUT2D eigenvalue weighted by atomic mass is 19.2. The highest BCUT2D eigenvalue weighted by molar-refractivity contribution is 5.58. The number of aliphatic hydroxyl groups excluding tert-OH is 3. The second-order valence-electron chi connectivity index (χ2n) is 8.32. The Balaban J connectivity index is 1.51. The summed E-state index contributed by atoms with van der Waals surface area (Å²) < 4.78 is 54.4. The molecule has 2 aromatic heterocycles. The van der Waals surface area contributed by atoms with E-state index in [-0.39, 0.29) is 17.1 Å². The van der Waals surface area contributed by atoms with Crippen molar-refractivity contribution in [2.45, 2.75) is 30.5 Å². The first-order chi connectivity index (χ1) is 17.8. The molecule has 11 nitrogen and oxygen atoms in total. The molecule has 0 unspecified atom stereocenters. The summed E-state index contributed by atoms with van der Waals surface area (Å²) in [5, 5.41) is 44.0. The summed E-state index contributed by atoms with van der Waals surface area (Å²) in [6.07, 6.45) is -2.81. The maximum Gasteiger partial charge on any atom is 0.194 e. The van der Waals surface area contributed by atoms with Gasteiger partial charge >= 0.3 is 0 Å². The van der Waals surface area contributed by atoms with Crippen LogP contribution in [0.2, 0.25) is 0 Å². The van der Waals surface area contributed by atoms with Crippen molar-refractivity contribution < 1.29 is 38.0 Å².